The molecule has 0 aliphatic carbocycles. The largest absolute Gasteiger partial charge is 0.504 e. The number of hydrogen-bond acceptors (Lipinski definition) is 7. The second-order valence-electron chi connectivity index (χ2n) is 6.72. The molecule has 2 aliphatic rings. The minimum atomic E-state index is -1.32. The number of aromatic carboxylic acids is 1. The van der Waals surface area contributed by atoms with E-state index in [9.17, 15) is 19.8 Å². The van der Waals surface area contributed by atoms with Gasteiger partial charge in [-0.3, -0.25) is 4.79 Å². The molecule has 1 amide bonds. The Morgan fingerprint density at radius 1 is 1.39 bits per heavy atom. The molecular weight excluding hydrogens is 364 g/mol. The molecule has 0 aromatic carbocycles. The van der Waals surface area contributed by atoms with Crippen molar-refractivity contribution in [2.24, 2.45) is 16.6 Å². The Labute approximate surface area is 159 Å². The number of aliphatic imine (C=N–C) groups is 1. The summed E-state index contributed by atoms with van der Waals surface area (Å²) in [5, 5.41) is 20.1. The number of hydrogen-bond donors (Lipinski definition) is 3. The van der Waals surface area contributed by atoms with Gasteiger partial charge < -0.3 is 25.3 Å². The van der Waals surface area contributed by atoms with Gasteiger partial charge >= 0.3 is 5.97 Å². The number of nitrogens with two attached hydrogens (primary N) is 1. The number of carbonyl (C=O) groups excluding carboxylic acids is 1. The lowest BCUT2D eigenvalue weighted by molar-refractivity contribution is -0.122. The molecule has 1 fully saturated rings. The highest BCUT2D eigenvalue weighted by atomic mass is 16.4. The number of primary amides is 1. The SMILES string of the molecule is NC(=O)C1CCCN(c2oc(C=C3C=Nc4ncccc43)c(O)c2C(=O)O)C1. The summed E-state index contributed by atoms with van der Waals surface area (Å²) in [7, 11) is 0. The van der Waals surface area contributed by atoms with E-state index in [1.165, 1.54) is 6.08 Å². The van der Waals surface area contributed by atoms with Crippen LogP contribution in [-0.2, 0) is 4.79 Å². The van der Waals surface area contributed by atoms with Crippen molar-refractivity contribution >= 4 is 41.4 Å². The van der Waals surface area contributed by atoms with Gasteiger partial charge in [0.2, 0.25) is 11.8 Å². The van der Waals surface area contributed by atoms with E-state index in [0.717, 1.165) is 5.56 Å². The predicted octanol–water partition coefficient (Wildman–Crippen LogP) is 2.04. The number of amides is 1. The number of rotatable bonds is 4. The Morgan fingerprint density at radius 2 is 2.21 bits per heavy atom. The van der Waals surface area contributed by atoms with Crippen molar-refractivity contribution in [1.29, 1.82) is 0 Å². The Bertz CT molecular complexity index is 1020. The van der Waals surface area contributed by atoms with Gasteiger partial charge in [-0.15, -0.1) is 0 Å². The number of carboxylic acid groups (broad SMARTS) is 1. The van der Waals surface area contributed by atoms with E-state index in [-0.39, 0.29) is 23.8 Å². The molecule has 1 saturated heterocycles. The van der Waals surface area contributed by atoms with Crippen molar-refractivity contribution in [3.8, 4) is 5.75 Å². The van der Waals surface area contributed by atoms with Crippen molar-refractivity contribution in [2.45, 2.75) is 12.8 Å². The molecule has 1 unspecified atom stereocenters. The number of carboxylic acids is 1. The molecule has 4 rings (SSSR count). The van der Waals surface area contributed by atoms with E-state index in [0.29, 0.717) is 30.8 Å². The van der Waals surface area contributed by atoms with Crippen LogP contribution >= 0.6 is 0 Å². The Kier molecular flexibility index (Phi) is 4.34. The Morgan fingerprint density at radius 3 is 2.96 bits per heavy atom. The smallest absolute Gasteiger partial charge is 0.345 e. The molecule has 9 nitrogen and oxygen atoms in total. The van der Waals surface area contributed by atoms with Crippen molar-refractivity contribution in [1.82, 2.24) is 4.98 Å². The van der Waals surface area contributed by atoms with Crippen LogP contribution in [0.3, 0.4) is 0 Å². The Balaban J connectivity index is 1.74. The lowest BCUT2D eigenvalue weighted by Crippen LogP contribution is -2.41. The van der Waals surface area contributed by atoms with Gasteiger partial charge in [-0.25, -0.2) is 14.8 Å². The number of aromatic hydroxyl groups is 1. The monoisotopic (exact) mass is 382 g/mol. The molecule has 2 aromatic rings. The van der Waals surface area contributed by atoms with Crippen LogP contribution in [0.15, 0.2) is 27.7 Å². The van der Waals surface area contributed by atoms with Gasteiger partial charge in [0.15, 0.2) is 22.9 Å². The van der Waals surface area contributed by atoms with Crippen molar-refractivity contribution < 1.29 is 24.2 Å². The summed E-state index contributed by atoms with van der Waals surface area (Å²) in [6.07, 6.45) is 6.02. The molecule has 1 atom stereocenters. The molecule has 0 saturated carbocycles. The summed E-state index contributed by atoms with van der Waals surface area (Å²) >= 11 is 0. The molecule has 144 valence electrons. The average molecular weight is 382 g/mol. The molecule has 4 heterocycles. The van der Waals surface area contributed by atoms with E-state index >= 15 is 0 Å². The highest BCUT2D eigenvalue weighted by Gasteiger charge is 2.33. The highest BCUT2D eigenvalue weighted by molar-refractivity contribution is 6.21. The highest BCUT2D eigenvalue weighted by Crippen LogP contribution is 2.40. The number of aromatic nitrogens is 1. The van der Waals surface area contributed by atoms with Gasteiger partial charge in [0.1, 0.15) is 0 Å². The third kappa shape index (κ3) is 3.00. The van der Waals surface area contributed by atoms with Crippen LogP contribution in [0.2, 0.25) is 0 Å². The topological polar surface area (TPSA) is 142 Å². The first kappa shape index (κ1) is 17.8. The summed E-state index contributed by atoms with van der Waals surface area (Å²) in [6.45, 7) is 0.744. The predicted molar refractivity (Wildman–Crippen MR) is 102 cm³/mol. The number of furan rings is 1. The number of pyridine rings is 1. The van der Waals surface area contributed by atoms with E-state index < -0.39 is 23.5 Å². The molecule has 0 spiro atoms. The number of carbonyl (C=O) groups is 2. The molecule has 28 heavy (non-hydrogen) atoms. The van der Waals surface area contributed by atoms with Gasteiger partial charge in [-0.1, -0.05) is 0 Å². The Hall–Kier alpha value is -3.62. The van der Waals surface area contributed by atoms with Crippen LogP contribution in [-0.4, -0.2) is 46.4 Å². The fourth-order valence-corrected chi connectivity index (χ4v) is 3.52. The fourth-order valence-electron chi connectivity index (χ4n) is 3.52. The van der Waals surface area contributed by atoms with E-state index in [1.807, 2.05) is 6.07 Å². The van der Waals surface area contributed by atoms with Gasteiger partial charge in [-0.2, -0.15) is 0 Å². The van der Waals surface area contributed by atoms with Crippen LogP contribution in [0.4, 0.5) is 11.7 Å². The first-order valence-electron chi connectivity index (χ1n) is 8.80. The number of nitrogens with zero attached hydrogens (tertiary/aromatic N) is 3. The number of piperidine rings is 1. The van der Waals surface area contributed by atoms with Gasteiger partial charge in [0.25, 0.3) is 0 Å². The molecule has 4 N–H and O–H groups in total. The average Bonchev–Trinajstić information content (AvgIpc) is 3.24. The zero-order valence-electron chi connectivity index (χ0n) is 14.8. The fraction of sp³-hybridized carbons (Fsp3) is 0.263. The van der Waals surface area contributed by atoms with E-state index in [1.54, 1.807) is 23.4 Å². The van der Waals surface area contributed by atoms with Crippen LogP contribution in [0.1, 0.15) is 34.5 Å². The van der Waals surface area contributed by atoms with E-state index in [4.69, 9.17) is 10.2 Å². The maximum atomic E-state index is 11.8. The second-order valence-corrected chi connectivity index (χ2v) is 6.72. The summed E-state index contributed by atoms with van der Waals surface area (Å²) in [6, 6.07) is 3.58. The molecule has 9 heteroatoms. The number of anilines is 1. The summed E-state index contributed by atoms with van der Waals surface area (Å²) < 4.78 is 5.74. The standard InChI is InChI=1S/C19H18N4O5/c20-16(25)10-3-2-6-23(9-10)18-14(19(26)27)15(24)13(28-18)7-11-8-22-17-12(11)4-1-5-21-17/h1,4-5,7-8,10,24H,2-3,6,9H2,(H2,20,25)(H,26,27). The van der Waals surface area contributed by atoms with Crippen LogP contribution in [0.5, 0.6) is 5.75 Å². The van der Waals surface area contributed by atoms with Crippen LogP contribution < -0.4 is 10.6 Å². The van der Waals surface area contributed by atoms with Crippen LogP contribution in [0, 0.1) is 5.92 Å². The first-order valence-corrected chi connectivity index (χ1v) is 8.80. The molecule has 0 radical (unpaired) electrons. The molecule has 2 aromatic heterocycles. The van der Waals surface area contributed by atoms with Crippen molar-refractivity contribution in [3.05, 3.63) is 35.2 Å². The van der Waals surface area contributed by atoms with Crippen molar-refractivity contribution in [2.75, 3.05) is 18.0 Å². The quantitative estimate of drug-likeness (QED) is 0.734. The summed E-state index contributed by atoms with van der Waals surface area (Å²) in [5.74, 6) is -2.06. The van der Waals surface area contributed by atoms with Gasteiger partial charge in [0.05, 0.1) is 5.92 Å². The molecule has 2 aliphatic heterocycles. The second kappa shape index (κ2) is 6.84. The third-order valence-corrected chi connectivity index (χ3v) is 4.93. The zero-order valence-corrected chi connectivity index (χ0v) is 14.8. The van der Waals surface area contributed by atoms with Gasteiger partial charge in [-0.05, 0) is 31.1 Å². The maximum Gasteiger partial charge on any atom is 0.345 e. The lowest BCUT2D eigenvalue weighted by atomic mass is 9.97. The number of fused-ring (bicyclic) bond motifs is 1. The number of allylic oxidation sites excluding steroid dienone is 1. The molecular formula is C19H18N4O5. The third-order valence-electron chi connectivity index (χ3n) is 4.93. The van der Waals surface area contributed by atoms with Crippen LogP contribution in [0.25, 0.3) is 11.6 Å². The van der Waals surface area contributed by atoms with Gasteiger partial charge in [0, 0.05) is 36.6 Å². The lowest BCUT2D eigenvalue weighted by Gasteiger charge is -2.31. The van der Waals surface area contributed by atoms with E-state index in [2.05, 4.69) is 9.98 Å². The summed E-state index contributed by atoms with van der Waals surface area (Å²) in [5.41, 5.74) is 6.46. The summed E-state index contributed by atoms with van der Waals surface area (Å²) in [4.78, 5) is 33.3. The van der Waals surface area contributed by atoms with Crippen molar-refractivity contribution in [3.63, 3.8) is 0 Å². The first-order chi connectivity index (χ1) is 13.5. The molecule has 0 bridgehead atoms. The minimum absolute atomic E-state index is 0.00625. The zero-order chi connectivity index (χ0) is 19.8. The normalized spacial score (nSPS) is 19.8. The maximum absolute atomic E-state index is 11.8. The minimum Gasteiger partial charge on any atom is -0.504 e.